The zero-order valence-corrected chi connectivity index (χ0v) is 17.5. The van der Waals surface area contributed by atoms with Crippen molar-refractivity contribution in [3.8, 4) is 0 Å². The maximum absolute atomic E-state index is 14.3. The van der Waals surface area contributed by atoms with Gasteiger partial charge in [0.15, 0.2) is 0 Å². The molecule has 2 aromatic carbocycles. The summed E-state index contributed by atoms with van der Waals surface area (Å²) in [6.45, 7) is 1.47. The van der Waals surface area contributed by atoms with Gasteiger partial charge in [-0.2, -0.15) is 0 Å². The van der Waals surface area contributed by atoms with Gasteiger partial charge in [-0.15, -0.1) is 11.3 Å². The van der Waals surface area contributed by atoms with E-state index in [0.717, 1.165) is 11.3 Å². The van der Waals surface area contributed by atoms with Gasteiger partial charge in [0, 0.05) is 15.6 Å². The van der Waals surface area contributed by atoms with E-state index in [1.807, 2.05) is 0 Å². The highest BCUT2D eigenvalue weighted by Gasteiger charge is 2.19. The molecule has 0 radical (unpaired) electrons. The Labute approximate surface area is 176 Å². The minimum Gasteiger partial charge on any atom is -0.322 e. The third-order valence-electron chi connectivity index (χ3n) is 4.45. The van der Waals surface area contributed by atoms with Crippen molar-refractivity contribution in [1.82, 2.24) is 9.55 Å². The number of rotatable bonds is 4. The highest BCUT2D eigenvalue weighted by molar-refractivity contribution is 9.10. The predicted octanol–water partition coefficient (Wildman–Crippen LogP) is 4.85. The first-order valence-electron chi connectivity index (χ1n) is 8.74. The molecule has 0 spiro atoms. The van der Waals surface area contributed by atoms with Crippen LogP contribution in [0.3, 0.4) is 0 Å². The molecule has 2 aromatic heterocycles. The van der Waals surface area contributed by atoms with Gasteiger partial charge in [-0.25, -0.2) is 13.8 Å². The Balaban J connectivity index is 1.76. The van der Waals surface area contributed by atoms with Crippen LogP contribution in [0.1, 0.15) is 12.7 Å². The zero-order chi connectivity index (χ0) is 20.7. The largest absolute Gasteiger partial charge is 0.322 e. The first-order chi connectivity index (χ1) is 13.9. The number of aromatic nitrogens is 2. The zero-order valence-electron chi connectivity index (χ0n) is 15.1. The van der Waals surface area contributed by atoms with Crippen molar-refractivity contribution in [3.63, 3.8) is 0 Å². The molecule has 9 heteroatoms. The fraction of sp³-hybridized carbons (Fsp3) is 0.150. The van der Waals surface area contributed by atoms with E-state index < -0.39 is 23.1 Å². The lowest BCUT2D eigenvalue weighted by molar-refractivity contribution is -0.116. The number of hydrogen-bond donors (Lipinski definition) is 1. The number of hydrogen-bond acceptors (Lipinski definition) is 4. The molecule has 0 atom stereocenters. The van der Waals surface area contributed by atoms with Gasteiger partial charge < -0.3 is 5.32 Å². The number of benzene rings is 2. The number of nitrogens with zero attached hydrogens (tertiary/aromatic N) is 2. The molecule has 0 aliphatic rings. The fourth-order valence-corrected chi connectivity index (χ4v) is 4.57. The summed E-state index contributed by atoms with van der Waals surface area (Å²) < 4.78 is 31.0. The molecule has 0 saturated heterocycles. The number of anilines is 1. The third-order valence-corrected chi connectivity index (χ3v) is 6.08. The number of thiophene rings is 1. The standard InChI is InChI=1S/C20H14BrF2N3O2S/c1-2-15-25-18-17-11(22)4-3-5-14(17)29-19(18)20(28)26(15)9-16(27)24-13-7-6-10(21)8-12(13)23/h3-8H,2,9H2,1H3,(H,24,27). The average Bonchev–Trinajstić information content (AvgIpc) is 3.06. The van der Waals surface area contributed by atoms with Crippen LogP contribution < -0.4 is 10.9 Å². The normalized spacial score (nSPS) is 11.3. The van der Waals surface area contributed by atoms with Crippen LogP contribution in [0.15, 0.2) is 45.7 Å². The minimum atomic E-state index is -0.593. The van der Waals surface area contributed by atoms with Crippen molar-refractivity contribution in [2.75, 3.05) is 5.32 Å². The van der Waals surface area contributed by atoms with E-state index in [1.54, 1.807) is 25.1 Å². The third kappa shape index (κ3) is 3.56. The Morgan fingerprint density at radius 2 is 2.03 bits per heavy atom. The van der Waals surface area contributed by atoms with Gasteiger partial charge in [-0.3, -0.25) is 14.2 Å². The van der Waals surface area contributed by atoms with E-state index in [0.29, 0.717) is 32.3 Å². The van der Waals surface area contributed by atoms with Crippen molar-refractivity contribution in [2.24, 2.45) is 0 Å². The van der Waals surface area contributed by atoms with Gasteiger partial charge in [0.05, 0.1) is 16.6 Å². The summed E-state index contributed by atoms with van der Waals surface area (Å²) in [5, 5.41) is 2.78. The molecule has 1 N–H and O–H groups in total. The molecule has 2 heterocycles. The van der Waals surface area contributed by atoms with Gasteiger partial charge in [-0.05, 0) is 30.3 Å². The molecule has 29 heavy (non-hydrogen) atoms. The van der Waals surface area contributed by atoms with Crippen LogP contribution in [0, 0.1) is 11.6 Å². The summed E-state index contributed by atoms with van der Waals surface area (Å²) in [5.74, 6) is -1.23. The summed E-state index contributed by atoms with van der Waals surface area (Å²) in [6.07, 6.45) is 0.372. The second-order valence-corrected chi connectivity index (χ2v) is 8.31. The van der Waals surface area contributed by atoms with Crippen LogP contribution >= 0.6 is 27.3 Å². The number of aryl methyl sites for hydroxylation is 1. The monoisotopic (exact) mass is 477 g/mol. The Morgan fingerprint density at radius 3 is 2.76 bits per heavy atom. The molecule has 0 unspecified atom stereocenters. The van der Waals surface area contributed by atoms with E-state index >= 15 is 0 Å². The lowest BCUT2D eigenvalue weighted by Crippen LogP contribution is -2.30. The Hall–Kier alpha value is -2.65. The minimum absolute atomic E-state index is 0.0160. The maximum atomic E-state index is 14.3. The summed E-state index contributed by atoms with van der Waals surface area (Å²) in [7, 11) is 0. The van der Waals surface area contributed by atoms with Crippen molar-refractivity contribution in [3.05, 3.63) is 68.7 Å². The highest BCUT2D eigenvalue weighted by atomic mass is 79.9. The van der Waals surface area contributed by atoms with Crippen LogP contribution in [0.25, 0.3) is 20.3 Å². The highest BCUT2D eigenvalue weighted by Crippen LogP contribution is 2.32. The lowest BCUT2D eigenvalue weighted by atomic mass is 10.2. The summed E-state index contributed by atoms with van der Waals surface area (Å²) >= 11 is 4.29. The van der Waals surface area contributed by atoms with E-state index in [9.17, 15) is 18.4 Å². The van der Waals surface area contributed by atoms with Crippen LogP contribution in [0.4, 0.5) is 14.5 Å². The van der Waals surface area contributed by atoms with Crippen LogP contribution in [-0.4, -0.2) is 15.5 Å². The van der Waals surface area contributed by atoms with Crippen LogP contribution in [0.2, 0.25) is 0 Å². The van der Waals surface area contributed by atoms with E-state index in [4.69, 9.17) is 0 Å². The molecule has 0 bridgehead atoms. The second-order valence-electron chi connectivity index (χ2n) is 6.34. The van der Waals surface area contributed by atoms with Crippen molar-refractivity contribution in [2.45, 2.75) is 19.9 Å². The molecule has 0 aliphatic heterocycles. The Morgan fingerprint density at radius 1 is 1.24 bits per heavy atom. The number of halogens is 3. The van der Waals surface area contributed by atoms with Gasteiger partial charge in [0.2, 0.25) is 5.91 Å². The number of amides is 1. The average molecular weight is 478 g/mol. The molecular weight excluding hydrogens is 464 g/mol. The summed E-state index contributed by atoms with van der Waals surface area (Å²) in [5.41, 5.74) is -0.0956. The SMILES string of the molecule is CCc1nc2c(sc3cccc(F)c32)c(=O)n1CC(=O)Nc1ccc(Br)cc1F. The smallest absolute Gasteiger partial charge is 0.272 e. The Kier molecular flexibility index (Phi) is 5.18. The fourth-order valence-electron chi connectivity index (χ4n) is 3.13. The van der Waals surface area contributed by atoms with E-state index in [-0.39, 0.29) is 16.9 Å². The molecular formula is C20H14BrF2N3O2S. The first kappa shape index (κ1) is 19.7. The van der Waals surface area contributed by atoms with Gasteiger partial charge >= 0.3 is 0 Å². The topological polar surface area (TPSA) is 64.0 Å². The molecule has 0 aliphatic carbocycles. The van der Waals surface area contributed by atoms with Crippen molar-refractivity contribution in [1.29, 1.82) is 0 Å². The molecule has 0 saturated carbocycles. The number of fused-ring (bicyclic) bond motifs is 3. The molecule has 4 aromatic rings. The molecule has 0 fully saturated rings. The van der Waals surface area contributed by atoms with Crippen LogP contribution in [0.5, 0.6) is 0 Å². The van der Waals surface area contributed by atoms with E-state index in [2.05, 4.69) is 26.2 Å². The van der Waals surface area contributed by atoms with Gasteiger partial charge in [0.25, 0.3) is 5.56 Å². The maximum Gasteiger partial charge on any atom is 0.272 e. The van der Waals surface area contributed by atoms with Crippen molar-refractivity contribution >= 4 is 59.2 Å². The number of nitrogens with one attached hydrogen (secondary N) is 1. The number of carbonyl (C=O) groups excluding carboxylic acids is 1. The summed E-state index contributed by atoms with van der Waals surface area (Å²) in [4.78, 5) is 30.0. The first-order valence-corrected chi connectivity index (χ1v) is 10.3. The number of carbonyl (C=O) groups is 1. The quantitative estimate of drug-likeness (QED) is 0.456. The second kappa shape index (κ2) is 7.64. The lowest BCUT2D eigenvalue weighted by Gasteiger charge is -2.12. The van der Waals surface area contributed by atoms with Crippen molar-refractivity contribution < 1.29 is 13.6 Å². The molecule has 1 amide bonds. The van der Waals surface area contributed by atoms with Crippen LogP contribution in [-0.2, 0) is 17.8 Å². The van der Waals surface area contributed by atoms with Gasteiger partial charge in [-0.1, -0.05) is 28.9 Å². The molecule has 5 nitrogen and oxygen atoms in total. The molecule has 148 valence electrons. The molecule has 4 rings (SSSR count). The van der Waals surface area contributed by atoms with Gasteiger partial charge in [0.1, 0.15) is 28.7 Å². The van der Waals surface area contributed by atoms with E-state index in [1.165, 1.54) is 22.8 Å². The Bertz CT molecular complexity index is 1330. The predicted molar refractivity (Wildman–Crippen MR) is 113 cm³/mol. The summed E-state index contributed by atoms with van der Waals surface area (Å²) in [6, 6.07) is 8.89.